The van der Waals surface area contributed by atoms with Crippen LogP contribution in [0.4, 0.5) is 0 Å². The van der Waals surface area contributed by atoms with E-state index >= 15 is 0 Å². The van der Waals surface area contributed by atoms with E-state index in [4.69, 9.17) is 9.05 Å². The van der Waals surface area contributed by atoms with E-state index in [-0.39, 0.29) is 11.8 Å². The minimum atomic E-state index is -4.74. The lowest BCUT2D eigenvalue weighted by molar-refractivity contribution is 0.293. The average Bonchev–Trinajstić information content (AvgIpc) is 3.66. The molecular weight excluding hydrogens is 647 g/mol. The number of phosphoric acid groups is 1. The summed E-state index contributed by atoms with van der Waals surface area (Å²) in [5.74, 6) is 0.351. The van der Waals surface area contributed by atoms with Gasteiger partial charge in [-0.3, -0.25) is 4.89 Å². The van der Waals surface area contributed by atoms with E-state index in [1.54, 1.807) is 0 Å². The van der Waals surface area contributed by atoms with Crippen molar-refractivity contribution in [2.45, 2.75) is 11.8 Å². The van der Waals surface area contributed by atoms with Crippen molar-refractivity contribution < 1.29 is 18.5 Å². The van der Waals surface area contributed by atoms with Gasteiger partial charge in [-0.15, -0.1) is 0 Å². The second-order valence-electron chi connectivity index (χ2n) is 13.6. The van der Waals surface area contributed by atoms with Gasteiger partial charge >= 0.3 is 7.82 Å². The minimum Gasteiger partial charge on any atom is -0.394 e. The van der Waals surface area contributed by atoms with E-state index in [0.717, 1.165) is 88.3 Å². The highest BCUT2D eigenvalue weighted by molar-refractivity contribution is 7.48. The Balaban J connectivity index is 1.36. The molecule has 8 aromatic carbocycles. The first-order chi connectivity index (χ1) is 25.1. The van der Waals surface area contributed by atoms with Crippen LogP contribution >= 0.6 is 7.82 Å². The highest BCUT2D eigenvalue weighted by Gasteiger charge is 2.45. The second kappa shape index (κ2) is 10.5. The Morgan fingerprint density at radius 3 is 1.16 bits per heavy atom. The monoisotopic (exact) mass is 676 g/mol. The van der Waals surface area contributed by atoms with Gasteiger partial charge in [0.25, 0.3) is 0 Å². The molecule has 0 radical (unpaired) electrons. The largest absolute Gasteiger partial charge is 0.584 e. The molecule has 2 aliphatic carbocycles. The molecule has 0 unspecified atom stereocenters. The molecule has 5 heteroatoms. The van der Waals surface area contributed by atoms with Crippen LogP contribution in [0.15, 0.2) is 158 Å². The number of hydrogen-bond donors (Lipinski definition) is 1. The number of rotatable bonds is 2. The van der Waals surface area contributed by atoms with Crippen molar-refractivity contribution in [2.75, 3.05) is 0 Å². The predicted molar refractivity (Wildman–Crippen MR) is 204 cm³/mol. The van der Waals surface area contributed by atoms with Crippen LogP contribution in [-0.2, 0) is 4.57 Å². The lowest BCUT2D eigenvalue weighted by Gasteiger charge is -2.23. The van der Waals surface area contributed by atoms with E-state index < -0.39 is 7.82 Å². The first kappa shape index (κ1) is 28.9. The summed E-state index contributed by atoms with van der Waals surface area (Å²) in [6.45, 7) is 0. The van der Waals surface area contributed by atoms with Crippen molar-refractivity contribution in [3.63, 3.8) is 0 Å². The molecule has 11 rings (SSSR count). The summed E-state index contributed by atoms with van der Waals surface area (Å²) < 4.78 is 27.5. The van der Waals surface area contributed by atoms with Gasteiger partial charge < -0.3 is 9.05 Å². The normalized spacial score (nSPS) is 17.3. The molecule has 242 valence electrons. The van der Waals surface area contributed by atoms with Crippen molar-refractivity contribution in [3.8, 4) is 44.9 Å². The molecule has 4 nitrogen and oxygen atoms in total. The highest BCUT2D eigenvalue weighted by Crippen LogP contribution is 2.67. The zero-order valence-electron chi connectivity index (χ0n) is 27.3. The van der Waals surface area contributed by atoms with Gasteiger partial charge in [-0.2, -0.15) is 0 Å². The van der Waals surface area contributed by atoms with Crippen LogP contribution in [-0.4, -0.2) is 4.89 Å². The molecule has 2 atom stereocenters. The molecular formula is C46H29O4P. The number of fused-ring (bicyclic) bond motifs is 17. The van der Waals surface area contributed by atoms with Crippen LogP contribution in [0.1, 0.15) is 45.2 Å². The summed E-state index contributed by atoms with van der Waals surface area (Å²) in [6, 6.07) is 54.4. The lowest BCUT2D eigenvalue weighted by Crippen LogP contribution is -2.05. The third-order valence-corrected chi connectivity index (χ3v) is 11.8. The van der Waals surface area contributed by atoms with Crippen molar-refractivity contribution in [1.82, 2.24) is 0 Å². The number of phosphoric ester groups is 1. The molecule has 0 saturated carbocycles. The summed E-state index contributed by atoms with van der Waals surface area (Å²) in [5, 5.41) is 4.01. The van der Waals surface area contributed by atoms with Gasteiger partial charge in [0, 0.05) is 34.1 Å². The fourth-order valence-electron chi connectivity index (χ4n) is 9.18. The summed E-state index contributed by atoms with van der Waals surface area (Å²) in [4.78, 5) is 11.9. The van der Waals surface area contributed by atoms with Gasteiger partial charge in [0.1, 0.15) is 11.5 Å². The molecule has 0 spiro atoms. The Labute approximate surface area is 294 Å². The van der Waals surface area contributed by atoms with Crippen LogP contribution in [0.5, 0.6) is 11.5 Å². The van der Waals surface area contributed by atoms with Gasteiger partial charge in [-0.1, -0.05) is 158 Å². The van der Waals surface area contributed by atoms with Crippen LogP contribution in [0.3, 0.4) is 0 Å². The van der Waals surface area contributed by atoms with E-state index in [1.807, 2.05) is 48.5 Å². The lowest BCUT2D eigenvalue weighted by atomic mass is 9.81. The predicted octanol–water partition coefficient (Wildman–Crippen LogP) is 11.9. The van der Waals surface area contributed by atoms with Crippen LogP contribution in [0.2, 0.25) is 0 Å². The van der Waals surface area contributed by atoms with Crippen molar-refractivity contribution in [3.05, 3.63) is 191 Å². The fourth-order valence-corrected chi connectivity index (χ4v) is 10.1. The van der Waals surface area contributed by atoms with Gasteiger partial charge in [-0.25, -0.2) is 4.57 Å². The molecule has 1 aliphatic heterocycles. The standard InChI is InChI=1S/C46H29O4P/c47-51(48)49-45-41(35-25-13-11-23-33(35)39-31-21-9-7-19-29(31)37(43(39)45)27-15-3-1-4-16-27)42-36-26-14-12-24-34(36)40-32-22-10-8-20-30(32)38(44(40)46(42)50-51)28-17-5-2-6-18-28/h1-26,37-38H,(H,47,48)/t37-,38-/m1/s1. The van der Waals surface area contributed by atoms with Crippen molar-refractivity contribution in [2.24, 2.45) is 0 Å². The van der Waals surface area contributed by atoms with E-state index in [9.17, 15) is 9.46 Å². The first-order valence-electron chi connectivity index (χ1n) is 17.3. The van der Waals surface area contributed by atoms with E-state index in [2.05, 4.69) is 109 Å². The quantitative estimate of drug-likeness (QED) is 0.185. The Morgan fingerprint density at radius 2 is 0.745 bits per heavy atom. The van der Waals surface area contributed by atoms with Gasteiger partial charge in [0.2, 0.25) is 0 Å². The number of benzene rings is 8. The smallest absolute Gasteiger partial charge is 0.394 e. The number of hydrogen-bond acceptors (Lipinski definition) is 3. The van der Waals surface area contributed by atoms with E-state index in [1.165, 1.54) is 0 Å². The van der Waals surface area contributed by atoms with Crippen LogP contribution < -0.4 is 9.05 Å². The fraction of sp³-hybridized carbons (Fsp3) is 0.0435. The molecule has 51 heavy (non-hydrogen) atoms. The topological polar surface area (TPSA) is 55.8 Å². The molecule has 1 N–H and O–H groups in total. The van der Waals surface area contributed by atoms with Gasteiger partial charge in [0.05, 0.1) is 0 Å². The molecule has 0 amide bonds. The van der Waals surface area contributed by atoms with Crippen LogP contribution in [0, 0.1) is 0 Å². The molecule has 0 saturated heterocycles. The highest BCUT2D eigenvalue weighted by atomic mass is 31.2. The Hall–Kier alpha value is -5.93. The second-order valence-corrected chi connectivity index (χ2v) is 14.9. The first-order valence-corrected chi connectivity index (χ1v) is 18.8. The maximum atomic E-state index is 14.6. The van der Waals surface area contributed by atoms with Crippen molar-refractivity contribution >= 4 is 29.4 Å². The summed E-state index contributed by atoms with van der Waals surface area (Å²) in [6.07, 6.45) is 0. The Morgan fingerprint density at radius 1 is 0.412 bits per heavy atom. The maximum Gasteiger partial charge on any atom is 0.584 e. The summed E-state index contributed by atoms with van der Waals surface area (Å²) in [7, 11) is -4.74. The SMILES string of the molecule is O=P1(O)Oc2c3c(c4ccccc4c2-c2c(c4c(c5ccccc25)-c2ccccc2[C@H]4c2ccccc2)O1)-c1ccccc1[C@H]3c1ccccc1. The summed E-state index contributed by atoms with van der Waals surface area (Å²) >= 11 is 0. The minimum absolute atomic E-state index is 0.223. The molecule has 1 heterocycles. The van der Waals surface area contributed by atoms with E-state index in [0.29, 0.717) is 11.5 Å². The van der Waals surface area contributed by atoms with Crippen LogP contribution in [0.25, 0.3) is 54.9 Å². The summed E-state index contributed by atoms with van der Waals surface area (Å²) in [5.41, 5.74) is 12.0. The zero-order valence-corrected chi connectivity index (χ0v) is 28.2. The molecule has 0 fully saturated rings. The third-order valence-electron chi connectivity index (χ3n) is 11.0. The Bertz CT molecular complexity index is 2620. The average molecular weight is 677 g/mol. The Kier molecular flexibility index (Phi) is 5.96. The third kappa shape index (κ3) is 3.98. The van der Waals surface area contributed by atoms with Crippen molar-refractivity contribution in [1.29, 1.82) is 0 Å². The molecule has 8 aromatic rings. The molecule has 3 aliphatic rings. The molecule has 0 bridgehead atoms. The zero-order chi connectivity index (χ0) is 33.8. The van der Waals surface area contributed by atoms with Gasteiger partial charge in [0.15, 0.2) is 0 Å². The van der Waals surface area contributed by atoms with Gasteiger partial charge in [-0.05, 0) is 66.1 Å². The molecule has 0 aromatic heterocycles. The maximum absolute atomic E-state index is 14.6.